The number of nitrogens with zero attached hydrogens (tertiary/aromatic N) is 2. The van der Waals surface area contributed by atoms with Gasteiger partial charge in [-0.15, -0.1) is 0 Å². The van der Waals surface area contributed by atoms with Crippen molar-refractivity contribution < 1.29 is 19.0 Å². The highest BCUT2D eigenvalue weighted by atomic mass is 16.5. The number of nitrogens with one attached hydrogen (secondary N) is 2. The number of carbonyl (C=O) groups excluding carboxylic acids is 1. The van der Waals surface area contributed by atoms with Gasteiger partial charge in [0.15, 0.2) is 11.5 Å². The maximum atomic E-state index is 12.5. The molecule has 0 atom stereocenters. The molecule has 2 N–H and O–H groups in total. The van der Waals surface area contributed by atoms with E-state index < -0.39 is 0 Å². The van der Waals surface area contributed by atoms with Crippen molar-refractivity contribution in [3.8, 4) is 40.3 Å². The van der Waals surface area contributed by atoms with Crippen LogP contribution >= 0.6 is 0 Å². The third kappa shape index (κ3) is 4.95. The Balaban J connectivity index is 1.71. The Morgan fingerprint density at radius 3 is 2.38 bits per heavy atom. The molecular formula is C24H26N4O4. The summed E-state index contributed by atoms with van der Waals surface area (Å²) in [6.07, 6.45) is 0. The Morgan fingerprint density at radius 1 is 1.06 bits per heavy atom. The SMILES string of the molecule is COc1cc(-c2cc(C(=O)NCC#Cc3ccccc3N(C)C)[nH]n2)cc(OC)c1OC. The maximum absolute atomic E-state index is 12.5. The van der Waals surface area contributed by atoms with E-state index in [0.29, 0.717) is 28.6 Å². The second-order valence-electron chi connectivity index (χ2n) is 6.98. The molecule has 1 amide bonds. The Kier molecular flexibility index (Phi) is 7.24. The Bertz CT molecular complexity index is 1130. The monoisotopic (exact) mass is 434 g/mol. The smallest absolute Gasteiger partial charge is 0.270 e. The highest BCUT2D eigenvalue weighted by molar-refractivity contribution is 5.93. The summed E-state index contributed by atoms with van der Waals surface area (Å²) >= 11 is 0. The number of methoxy groups -OCH3 is 3. The molecule has 0 aliphatic heterocycles. The molecule has 0 spiro atoms. The van der Waals surface area contributed by atoms with Crippen LogP contribution in [0.5, 0.6) is 17.2 Å². The topological polar surface area (TPSA) is 88.7 Å². The molecule has 32 heavy (non-hydrogen) atoms. The van der Waals surface area contributed by atoms with Gasteiger partial charge in [-0.3, -0.25) is 9.89 Å². The Morgan fingerprint density at radius 2 is 1.75 bits per heavy atom. The largest absolute Gasteiger partial charge is 0.493 e. The number of aromatic nitrogens is 2. The number of para-hydroxylation sites is 1. The number of amides is 1. The van der Waals surface area contributed by atoms with Gasteiger partial charge < -0.3 is 24.4 Å². The summed E-state index contributed by atoms with van der Waals surface area (Å²) in [5, 5.41) is 9.78. The van der Waals surface area contributed by atoms with Crippen molar-refractivity contribution in [3.63, 3.8) is 0 Å². The standard InChI is InChI=1S/C24H26N4O4/c1-28(2)20-11-7-6-9-16(20)10-8-12-25-24(29)19-15-18(26-27-19)17-13-21(30-3)23(32-5)22(14-17)31-4/h6-7,9,11,13-15H,12H2,1-5H3,(H,25,29)(H,26,27). The Hall–Kier alpha value is -4.12. The van der Waals surface area contributed by atoms with Gasteiger partial charge in [-0.05, 0) is 30.3 Å². The van der Waals surface area contributed by atoms with Crippen LogP contribution in [0.15, 0.2) is 42.5 Å². The number of aromatic amines is 1. The molecular weight excluding hydrogens is 408 g/mol. The third-order valence-corrected chi connectivity index (χ3v) is 4.73. The van der Waals surface area contributed by atoms with Gasteiger partial charge in [0.25, 0.3) is 5.91 Å². The molecule has 1 aromatic heterocycles. The fourth-order valence-electron chi connectivity index (χ4n) is 3.14. The molecule has 0 bridgehead atoms. The van der Waals surface area contributed by atoms with E-state index in [4.69, 9.17) is 14.2 Å². The van der Waals surface area contributed by atoms with Crippen LogP contribution in [-0.4, -0.2) is 58.1 Å². The van der Waals surface area contributed by atoms with Gasteiger partial charge in [0.2, 0.25) is 5.75 Å². The molecule has 166 valence electrons. The minimum atomic E-state index is -0.300. The molecule has 0 aliphatic carbocycles. The minimum Gasteiger partial charge on any atom is -0.493 e. The first-order valence-corrected chi connectivity index (χ1v) is 9.87. The fourth-order valence-corrected chi connectivity index (χ4v) is 3.14. The normalized spacial score (nSPS) is 10.0. The number of hydrogen-bond acceptors (Lipinski definition) is 6. The first-order valence-electron chi connectivity index (χ1n) is 9.87. The summed E-state index contributed by atoms with van der Waals surface area (Å²) < 4.78 is 16.1. The predicted octanol–water partition coefficient (Wildman–Crippen LogP) is 2.95. The lowest BCUT2D eigenvalue weighted by molar-refractivity contribution is 0.0953. The number of H-pyrrole nitrogens is 1. The molecule has 0 fully saturated rings. The molecule has 8 nitrogen and oxygen atoms in total. The lowest BCUT2D eigenvalue weighted by Gasteiger charge is -2.13. The minimum absolute atomic E-state index is 0.207. The van der Waals surface area contributed by atoms with Crippen LogP contribution in [0.2, 0.25) is 0 Å². The quantitative estimate of drug-likeness (QED) is 0.556. The van der Waals surface area contributed by atoms with Gasteiger partial charge in [0.05, 0.1) is 39.3 Å². The van der Waals surface area contributed by atoms with Gasteiger partial charge in [-0.25, -0.2) is 0 Å². The Labute approximate surface area is 187 Å². The summed E-state index contributed by atoms with van der Waals surface area (Å²) in [5.74, 6) is 7.28. The highest BCUT2D eigenvalue weighted by Crippen LogP contribution is 2.40. The van der Waals surface area contributed by atoms with Crippen LogP contribution in [0.25, 0.3) is 11.3 Å². The number of benzene rings is 2. The first-order chi connectivity index (χ1) is 15.5. The average Bonchev–Trinajstić information content (AvgIpc) is 3.31. The molecule has 3 aromatic rings. The lowest BCUT2D eigenvalue weighted by atomic mass is 10.1. The van der Waals surface area contributed by atoms with Crippen LogP contribution in [0.4, 0.5) is 5.69 Å². The zero-order chi connectivity index (χ0) is 23.1. The molecule has 0 aliphatic rings. The van der Waals surface area contributed by atoms with Crippen LogP contribution in [-0.2, 0) is 0 Å². The fraction of sp³-hybridized carbons (Fsp3) is 0.250. The van der Waals surface area contributed by atoms with Gasteiger partial charge in [-0.1, -0.05) is 24.0 Å². The average molecular weight is 434 g/mol. The van der Waals surface area contributed by atoms with E-state index in [1.54, 1.807) is 39.5 Å². The van der Waals surface area contributed by atoms with Crippen molar-refractivity contribution >= 4 is 11.6 Å². The van der Waals surface area contributed by atoms with Crippen molar-refractivity contribution in [1.82, 2.24) is 15.5 Å². The van der Waals surface area contributed by atoms with Crippen LogP contribution in [0.1, 0.15) is 16.1 Å². The van der Waals surface area contributed by atoms with Gasteiger partial charge in [-0.2, -0.15) is 5.10 Å². The van der Waals surface area contributed by atoms with Crippen LogP contribution in [0.3, 0.4) is 0 Å². The van der Waals surface area contributed by atoms with E-state index in [-0.39, 0.29) is 12.5 Å². The van der Waals surface area contributed by atoms with Crippen molar-refractivity contribution in [2.75, 3.05) is 46.9 Å². The summed E-state index contributed by atoms with van der Waals surface area (Å²) in [5.41, 5.74) is 3.53. The zero-order valence-electron chi connectivity index (χ0n) is 18.8. The predicted molar refractivity (Wildman–Crippen MR) is 124 cm³/mol. The first kappa shape index (κ1) is 22.6. The number of rotatable bonds is 7. The second-order valence-corrected chi connectivity index (χ2v) is 6.98. The van der Waals surface area contributed by atoms with E-state index in [1.807, 2.05) is 43.3 Å². The highest BCUT2D eigenvalue weighted by Gasteiger charge is 2.17. The summed E-state index contributed by atoms with van der Waals surface area (Å²) in [6, 6.07) is 13.0. The number of hydrogen-bond donors (Lipinski definition) is 2. The molecule has 3 rings (SSSR count). The third-order valence-electron chi connectivity index (χ3n) is 4.73. The van der Waals surface area contributed by atoms with E-state index in [0.717, 1.165) is 16.8 Å². The number of carbonyl (C=O) groups is 1. The van der Waals surface area contributed by atoms with E-state index in [9.17, 15) is 4.79 Å². The molecule has 0 radical (unpaired) electrons. The van der Waals surface area contributed by atoms with E-state index >= 15 is 0 Å². The number of ether oxygens (including phenoxy) is 3. The number of anilines is 1. The zero-order valence-corrected chi connectivity index (χ0v) is 18.8. The van der Waals surface area contributed by atoms with Gasteiger partial charge in [0, 0.05) is 25.2 Å². The van der Waals surface area contributed by atoms with Crippen molar-refractivity contribution in [2.24, 2.45) is 0 Å². The van der Waals surface area contributed by atoms with Crippen molar-refractivity contribution in [2.45, 2.75) is 0 Å². The van der Waals surface area contributed by atoms with Crippen molar-refractivity contribution in [1.29, 1.82) is 0 Å². The van der Waals surface area contributed by atoms with Crippen LogP contribution < -0.4 is 24.4 Å². The van der Waals surface area contributed by atoms with E-state index in [1.165, 1.54) is 0 Å². The van der Waals surface area contributed by atoms with E-state index in [2.05, 4.69) is 27.4 Å². The maximum Gasteiger partial charge on any atom is 0.270 e. The summed E-state index contributed by atoms with van der Waals surface area (Å²) in [6.45, 7) is 0.207. The second kappa shape index (κ2) is 10.3. The molecule has 2 aromatic carbocycles. The molecule has 0 unspecified atom stereocenters. The molecule has 0 saturated heterocycles. The van der Waals surface area contributed by atoms with Gasteiger partial charge >= 0.3 is 0 Å². The molecule has 0 saturated carbocycles. The summed E-state index contributed by atoms with van der Waals surface area (Å²) in [4.78, 5) is 14.5. The van der Waals surface area contributed by atoms with Crippen LogP contribution in [0, 0.1) is 11.8 Å². The molecule has 8 heteroatoms. The summed E-state index contributed by atoms with van der Waals surface area (Å²) in [7, 11) is 8.56. The van der Waals surface area contributed by atoms with Crippen molar-refractivity contribution in [3.05, 3.63) is 53.7 Å². The lowest BCUT2D eigenvalue weighted by Crippen LogP contribution is -2.23. The van der Waals surface area contributed by atoms with Gasteiger partial charge in [0.1, 0.15) is 5.69 Å². The molecule has 1 heterocycles.